The summed E-state index contributed by atoms with van der Waals surface area (Å²) in [4.78, 5) is 20.2. The van der Waals surface area contributed by atoms with Crippen molar-refractivity contribution in [3.63, 3.8) is 0 Å². The van der Waals surface area contributed by atoms with Gasteiger partial charge in [-0.3, -0.25) is 10.1 Å². The molecule has 0 aliphatic carbocycles. The van der Waals surface area contributed by atoms with E-state index in [-0.39, 0.29) is 15.7 Å². The number of aliphatic carboxylic acids is 1. The van der Waals surface area contributed by atoms with Gasteiger partial charge in [-0.2, -0.15) is 0 Å². The van der Waals surface area contributed by atoms with Gasteiger partial charge in [-0.05, 0) is 17.7 Å². The molecule has 0 radical (unpaired) electrons. The molecule has 7 heteroatoms. The number of nitrogens with zero attached hydrogens (tertiary/aromatic N) is 1. The lowest BCUT2D eigenvalue weighted by atomic mass is 10.2. The highest BCUT2D eigenvalue weighted by Gasteiger charge is 2.16. The monoisotopic (exact) mass is 261 g/mol. The number of hydrogen-bond donors (Lipinski definition) is 1. The molecule has 1 rings (SSSR count). The maximum absolute atomic E-state index is 10.6. The lowest BCUT2D eigenvalue weighted by Crippen LogP contribution is -1.91. The van der Waals surface area contributed by atoms with Gasteiger partial charge in [0.15, 0.2) is 0 Å². The summed E-state index contributed by atoms with van der Waals surface area (Å²) in [6.45, 7) is 0. The Bertz CT molecular complexity index is 485. The van der Waals surface area contributed by atoms with Crippen molar-refractivity contribution in [3.05, 3.63) is 43.9 Å². The van der Waals surface area contributed by atoms with Crippen LogP contribution in [0.4, 0.5) is 5.69 Å². The molecule has 1 aromatic rings. The van der Waals surface area contributed by atoms with Crippen molar-refractivity contribution < 1.29 is 14.8 Å². The molecule has 0 saturated heterocycles. The average molecular weight is 262 g/mol. The van der Waals surface area contributed by atoms with Crippen molar-refractivity contribution in [2.24, 2.45) is 0 Å². The number of nitro groups is 1. The van der Waals surface area contributed by atoms with Crippen molar-refractivity contribution in [2.45, 2.75) is 0 Å². The van der Waals surface area contributed by atoms with Gasteiger partial charge in [-0.1, -0.05) is 23.2 Å². The fourth-order valence-corrected chi connectivity index (χ4v) is 1.39. The number of carboxylic acid groups (broad SMARTS) is 1. The summed E-state index contributed by atoms with van der Waals surface area (Å²) in [5, 5.41) is 18.8. The van der Waals surface area contributed by atoms with Crippen molar-refractivity contribution >= 4 is 40.9 Å². The number of rotatable bonds is 3. The number of halogens is 2. The molecule has 0 atom stereocenters. The zero-order chi connectivity index (χ0) is 12.3. The molecular formula is C9H5Cl2NO4. The Morgan fingerprint density at radius 2 is 2.06 bits per heavy atom. The standard InChI is InChI=1S/C9H5Cl2NO4/c10-6-3-5(1-2-8(13)14)4-7(9(6)11)12(15)16/h1-4H,(H,13,14)/b2-1+. The molecule has 0 unspecified atom stereocenters. The Hall–Kier alpha value is -1.59. The molecule has 1 aromatic carbocycles. The summed E-state index contributed by atoms with van der Waals surface area (Å²) in [5.41, 5.74) is -0.0669. The second-order valence-corrected chi connectivity index (χ2v) is 3.55. The molecule has 0 amide bonds. The molecule has 0 aromatic heterocycles. The van der Waals surface area contributed by atoms with Gasteiger partial charge in [-0.25, -0.2) is 4.79 Å². The number of carboxylic acids is 1. The molecular weight excluding hydrogens is 257 g/mol. The van der Waals surface area contributed by atoms with Gasteiger partial charge in [0.2, 0.25) is 0 Å². The highest BCUT2D eigenvalue weighted by Crippen LogP contribution is 2.33. The lowest BCUT2D eigenvalue weighted by molar-refractivity contribution is -0.384. The molecule has 0 saturated carbocycles. The van der Waals surface area contributed by atoms with E-state index >= 15 is 0 Å². The van der Waals surface area contributed by atoms with Gasteiger partial charge < -0.3 is 5.11 Å². The van der Waals surface area contributed by atoms with E-state index in [1.54, 1.807) is 0 Å². The SMILES string of the molecule is O=C(O)/C=C/c1cc(Cl)c(Cl)c([N+](=O)[O-])c1. The first kappa shape index (κ1) is 12.5. The van der Waals surface area contributed by atoms with Crippen LogP contribution in [0.1, 0.15) is 5.56 Å². The number of hydrogen-bond acceptors (Lipinski definition) is 3. The minimum absolute atomic E-state index is 0.000838. The van der Waals surface area contributed by atoms with Crippen LogP contribution in [0.3, 0.4) is 0 Å². The van der Waals surface area contributed by atoms with E-state index in [0.29, 0.717) is 5.56 Å². The number of carbonyl (C=O) groups is 1. The fourth-order valence-electron chi connectivity index (χ4n) is 0.992. The topological polar surface area (TPSA) is 80.4 Å². The van der Waals surface area contributed by atoms with Crippen LogP contribution < -0.4 is 0 Å². The summed E-state index contributed by atoms with van der Waals surface area (Å²) in [6.07, 6.45) is 2.04. The third-order valence-corrected chi connectivity index (χ3v) is 2.44. The van der Waals surface area contributed by atoms with E-state index in [9.17, 15) is 14.9 Å². The van der Waals surface area contributed by atoms with E-state index in [0.717, 1.165) is 12.1 Å². The highest BCUT2D eigenvalue weighted by molar-refractivity contribution is 6.43. The molecule has 84 valence electrons. The number of benzene rings is 1. The fraction of sp³-hybridized carbons (Fsp3) is 0. The van der Waals surface area contributed by atoms with E-state index in [4.69, 9.17) is 28.3 Å². The van der Waals surface area contributed by atoms with Crippen molar-refractivity contribution in [1.82, 2.24) is 0 Å². The molecule has 0 fully saturated rings. The first-order valence-electron chi connectivity index (χ1n) is 3.96. The quantitative estimate of drug-likeness (QED) is 0.515. The summed E-state index contributed by atoms with van der Waals surface area (Å²) < 4.78 is 0. The zero-order valence-corrected chi connectivity index (χ0v) is 9.20. The highest BCUT2D eigenvalue weighted by atomic mass is 35.5. The van der Waals surface area contributed by atoms with Crippen molar-refractivity contribution in [2.75, 3.05) is 0 Å². The lowest BCUT2D eigenvalue weighted by Gasteiger charge is -2.00. The van der Waals surface area contributed by atoms with E-state index in [1.807, 2.05) is 0 Å². The van der Waals surface area contributed by atoms with Crippen LogP contribution in [0.25, 0.3) is 6.08 Å². The third-order valence-electron chi connectivity index (χ3n) is 1.65. The van der Waals surface area contributed by atoms with Gasteiger partial charge in [0, 0.05) is 12.1 Å². The molecule has 0 aliphatic heterocycles. The van der Waals surface area contributed by atoms with E-state index in [2.05, 4.69) is 0 Å². The van der Waals surface area contributed by atoms with Crippen LogP contribution in [0.5, 0.6) is 0 Å². The van der Waals surface area contributed by atoms with Crippen LogP contribution in [-0.2, 0) is 4.79 Å². The summed E-state index contributed by atoms with van der Waals surface area (Å²) >= 11 is 11.3. The maximum atomic E-state index is 10.6. The number of nitro benzene ring substituents is 1. The second kappa shape index (κ2) is 4.96. The molecule has 0 bridgehead atoms. The van der Waals surface area contributed by atoms with Crippen LogP contribution in [0.2, 0.25) is 10.0 Å². The van der Waals surface area contributed by atoms with E-state index < -0.39 is 10.9 Å². The first-order valence-corrected chi connectivity index (χ1v) is 4.72. The molecule has 0 heterocycles. The Morgan fingerprint density at radius 1 is 1.44 bits per heavy atom. The molecule has 0 aliphatic rings. The van der Waals surface area contributed by atoms with Crippen LogP contribution in [-0.4, -0.2) is 16.0 Å². The van der Waals surface area contributed by atoms with Crippen molar-refractivity contribution in [3.8, 4) is 0 Å². The van der Waals surface area contributed by atoms with E-state index in [1.165, 1.54) is 12.1 Å². The predicted octanol–water partition coefficient (Wildman–Crippen LogP) is 3.00. The zero-order valence-electron chi connectivity index (χ0n) is 7.68. The van der Waals surface area contributed by atoms with Gasteiger partial charge >= 0.3 is 5.97 Å². The van der Waals surface area contributed by atoms with Crippen molar-refractivity contribution in [1.29, 1.82) is 0 Å². The Balaban J connectivity index is 3.24. The second-order valence-electron chi connectivity index (χ2n) is 2.76. The maximum Gasteiger partial charge on any atom is 0.328 e. The van der Waals surface area contributed by atoms with Crippen LogP contribution in [0, 0.1) is 10.1 Å². The minimum atomic E-state index is -1.16. The Labute approximate surface area is 100 Å². The largest absolute Gasteiger partial charge is 0.478 e. The Morgan fingerprint density at radius 3 is 2.56 bits per heavy atom. The third kappa shape index (κ3) is 2.95. The predicted molar refractivity (Wildman–Crippen MR) is 59.8 cm³/mol. The van der Waals surface area contributed by atoms with Gasteiger partial charge in [-0.15, -0.1) is 0 Å². The smallest absolute Gasteiger partial charge is 0.328 e. The molecule has 5 nitrogen and oxygen atoms in total. The van der Waals surface area contributed by atoms with Gasteiger partial charge in [0.05, 0.1) is 9.95 Å². The Kier molecular flexibility index (Phi) is 3.87. The molecule has 0 spiro atoms. The van der Waals surface area contributed by atoms with Gasteiger partial charge in [0.25, 0.3) is 5.69 Å². The summed E-state index contributed by atoms with van der Waals surface area (Å²) in [6, 6.07) is 2.49. The van der Waals surface area contributed by atoms with Crippen LogP contribution >= 0.6 is 23.2 Å². The summed E-state index contributed by atoms with van der Waals surface area (Å²) in [5.74, 6) is -1.16. The molecule has 1 N–H and O–H groups in total. The average Bonchev–Trinajstić information content (AvgIpc) is 2.19. The molecule has 16 heavy (non-hydrogen) atoms. The normalized spacial score (nSPS) is 10.6. The first-order chi connectivity index (χ1) is 7.41. The van der Waals surface area contributed by atoms with Crippen LogP contribution in [0.15, 0.2) is 18.2 Å². The van der Waals surface area contributed by atoms with Gasteiger partial charge in [0.1, 0.15) is 5.02 Å². The minimum Gasteiger partial charge on any atom is -0.478 e. The summed E-state index contributed by atoms with van der Waals surface area (Å²) in [7, 11) is 0.